The van der Waals surface area contributed by atoms with E-state index in [9.17, 15) is 4.79 Å². The standard InChI is InChI=1S/C16H25N3O2/c1-2-21-16-10-9-14(11-18-16)17-12-15(20)19-13-7-5-3-4-6-8-13/h9-11,13,17H,2-8,12H2,1H3,(H,19,20). The van der Waals surface area contributed by atoms with Crippen molar-refractivity contribution in [1.29, 1.82) is 0 Å². The summed E-state index contributed by atoms with van der Waals surface area (Å²) in [6, 6.07) is 4.02. The van der Waals surface area contributed by atoms with Gasteiger partial charge in [0.05, 0.1) is 25.0 Å². The molecule has 1 aromatic rings. The molecule has 1 aromatic heterocycles. The van der Waals surface area contributed by atoms with Gasteiger partial charge in [-0.2, -0.15) is 0 Å². The summed E-state index contributed by atoms with van der Waals surface area (Å²) in [6.07, 6.45) is 8.93. The Bertz CT molecular complexity index is 426. The summed E-state index contributed by atoms with van der Waals surface area (Å²) in [5.41, 5.74) is 0.828. The number of nitrogens with zero attached hydrogens (tertiary/aromatic N) is 1. The lowest BCUT2D eigenvalue weighted by atomic mass is 10.1. The van der Waals surface area contributed by atoms with Crippen LogP contribution in [0.2, 0.25) is 0 Å². The first-order valence-electron chi connectivity index (χ1n) is 7.90. The van der Waals surface area contributed by atoms with E-state index in [1.165, 1.54) is 25.7 Å². The third-order valence-electron chi connectivity index (χ3n) is 3.70. The predicted molar refractivity (Wildman–Crippen MR) is 83.5 cm³/mol. The largest absolute Gasteiger partial charge is 0.478 e. The number of amides is 1. The molecular formula is C16H25N3O2. The van der Waals surface area contributed by atoms with Gasteiger partial charge in [-0.15, -0.1) is 0 Å². The topological polar surface area (TPSA) is 63.2 Å². The van der Waals surface area contributed by atoms with Crippen LogP contribution in [0, 0.1) is 0 Å². The van der Waals surface area contributed by atoms with Gasteiger partial charge in [0, 0.05) is 12.1 Å². The predicted octanol–water partition coefficient (Wildman–Crippen LogP) is 2.73. The summed E-state index contributed by atoms with van der Waals surface area (Å²) in [5.74, 6) is 0.654. The van der Waals surface area contributed by atoms with Gasteiger partial charge >= 0.3 is 0 Å². The number of carbonyl (C=O) groups is 1. The zero-order valence-electron chi connectivity index (χ0n) is 12.7. The number of pyridine rings is 1. The second kappa shape index (κ2) is 8.49. The highest BCUT2D eigenvalue weighted by molar-refractivity contribution is 5.80. The Morgan fingerprint density at radius 3 is 2.67 bits per heavy atom. The van der Waals surface area contributed by atoms with Crippen LogP contribution in [0.25, 0.3) is 0 Å². The van der Waals surface area contributed by atoms with E-state index in [1.807, 2.05) is 13.0 Å². The van der Waals surface area contributed by atoms with Crippen LogP contribution < -0.4 is 15.4 Å². The molecule has 2 rings (SSSR count). The highest BCUT2D eigenvalue weighted by Crippen LogP contribution is 2.17. The molecular weight excluding hydrogens is 266 g/mol. The molecule has 21 heavy (non-hydrogen) atoms. The van der Waals surface area contributed by atoms with Crippen LogP contribution in [0.3, 0.4) is 0 Å². The van der Waals surface area contributed by atoms with Gasteiger partial charge in [0.1, 0.15) is 0 Å². The summed E-state index contributed by atoms with van der Waals surface area (Å²) in [7, 11) is 0. The Kier molecular flexibility index (Phi) is 6.31. The van der Waals surface area contributed by atoms with Gasteiger partial charge in [-0.1, -0.05) is 25.7 Å². The van der Waals surface area contributed by atoms with E-state index < -0.39 is 0 Å². The Labute approximate surface area is 126 Å². The van der Waals surface area contributed by atoms with Crippen LogP contribution in [0.4, 0.5) is 5.69 Å². The Morgan fingerprint density at radius 2 is 2.05 bits per heavy atom. The molecule has 1 aliphatic carbocycles. The number of carbonyl (C=O) groups excluding carboxylic acids is 1. The van der Waals surface area contributed by atoms with E-state index in [1.54, 1.807) is 12.3 Å². The van der Waals surface area contributed by atoms with Gasteiger partial charge in [-0.05, 0) is 25.8 Å². The number of hydrogen-bond donors (Lipinski definition) is 2. The van der Waals surface area contributed by atoms with Gasteiger partial charge in [-0.3, -0.25) is 4.79 Å². The minimum Gasteiger partial charge on any atom is -0.478 e. The van der Waals surface area contributed by atoms with Crippen molar-refractivity contribution in [3.05, 3.63) is 18.3 Å². The number of nitrogens with one attached hydrogen (secondary N) is 2. The van der Waals surface area contributed by atoms with Gasteiger partial charge in [-0.25, -0.2) is 4.98 Å². The van der Waals surface area contributed by atoms with E-state index in [-0.39, 0.29) is 12.5 Å². The summed E-state index contributed by atoms with van der Waals surface area (Å²) >= 11 is 0. The first-order valence-corrected chi connectivity index (χ1v) is 7.90. The highest BCUT2D eigenvalue weighted by Gasteiger charge is 2.14. The van der Waals surface area contributed by atoms with Crippen LogP contribution in [0.1, 0.15) is 45.4 Å². The van der Waals surface area contributed by atoms with Gasteiger partial charge in [0.15, 0.2) is 0 Å². The van der Waals surface area contributed by atoms with Crippen LogP contribution in [-0.4, -0.2) is 30.1 Å². The fourth-order valence-corrected chi connectivity index (χ4v) is 2.60. The Hall–Kier alpha value is -1.78. The van der Waals surface area contributed by atoms with Crippen molar-refractivity contribution in [1.82, 2.24) is 10.3 Å². The van der Waals surface area contributed by atoms with E-state index in [4.69, 9.17) is 4.74 Å². The lowest BCUT2D eigenvalue weighted by Crippen LogP contribution is -2.38. The van der Waals surface area contributed by atoms with Crippen molar-refractivity contribution in [2.24, 2.45) is 0 Å². The summed E-state index contributed by atoms with van der Waals surface area (Å²) in [5, 5.41) is 6.20. The van der Waals surface area contributed by atoms with Crippen molar-refractivity contribution in [3.63, 3.8) is 0 Å². The van der Waals surface area contributed by atoms with Gasteiger partial charge in [0.2, 0.25) is 11.8 Å². The molecule has 0 spiro atoms. The molecule has 1 amide bonds. The lowest BCUT2D eigenvalue weighted by molar-refractivity contribution is -0.120. The molecule has 0 saturated heterocycles. The molecule has 5 heteroatoms. The van der Waals surface area contributed by atoms with Gasteiger partial charge in [0.25, 0.3) is 0 Å². The molecule has 5 nitrogen and oxygen atoms in total. The molecule has 0 atom stereocenters. The second-order valence-electron chi connectivity index (χ2n) is 5.43. The number of ether oxygens (including phenoxy) is 1. The van der Waals surface area contributed by atoms with Crippen molar-refractivity contribution >= 4 is 11.6 Å². The fourth-order valence-electron chi connectivity index (χ4n) is 2.60. The normalized spacial score (nSPS) is 16.0. The van der Waals surface area contributed by atoms with Crippen LogP contribution in [0.5, 0.6) is 5.88 Å². The van der Waals surface area contributed by atoms with Crippen molar-refractivity contribution in [2.45, 2.75) is 51.5 Å². The minimum atomic E-state index is 0.0517. The highest BCUT2D eigenvalue weighted by atomic mass is 16.5. The zero-order chi connectivity index (χ0) is 14.9. The van der Waals surface area contributed by atoms with E-state index in [0.29, 0.717) is 18.5 Å². The Morgan fingerprint density at radius 1 is 1.29 bits per heavy atom. The van der Waals surface area contributed by atoms with Gasteiger partial charge < -0.3 is 15.4 Å². The van der Waals surface area contributed by atoms with Crippen LogP contribution in [-0.2, 0) is 4.79 Å². The summed E-state index contributed by atoms with van der Waals surface area (Å²) in [6.45, 7) is 2.81. The fraction of sp³-hybridized carbons (Fsp3) is 0.625. The Balaban J connectivity index is 1.72. The SMILES string of the molecule is CCOc1ccc(NCC(=O)NC2CCCCCC2)cn1. The maximum absolute atomic E-state index is 11.9. The zero-order valence-corrected chi connectivity index (χ0v) is 12.7. The molecule has 1 aliphatic rings. The third kappa shape index (κ3) is 5.61. The minimum absolute atomic E-state index is 0.0517. The lowest BCUT2D eigenvalue weighted by Gasteiger charge is -2.16. The second-order valence-corrected chi connectivity index (χ2v) is 5.43. The maximum atomic E-state index is 11.9. The van der Waals surface area contributed by atoms with Crippen LogP contribution in [0.15, 0.2) is 18.3 Å². The molecule has 0 radical (unpaired) electrons. The summed E-state index contributed by atoms with van der Waals surface area (Å²) in [4.78, 5) is 16.1. The number of hydrogen-bond acceptors (Lipinski definition) is 4. The molecule has 1 heterocycles. The van der Waals surface area contributed by atoms with E-state index in [0.717, 1.165) is 18.5 Å². The molecule has 0 aliphatic heterocycles. The van der Waals surface area contributed by atoms with Crippen molar-refractivity contribution in [3.8, 4) is 5.88 Å². The van der Waals surface area contributed by atoms with E-state index in [2.05, 4.69) is 15.6 Å². The average molecular weight is 291 g/mol. The van der Waals surface area contributed by atoms with Crippen molar-refractivity contribution in [2.75, 3.05) is 18.5 Å². The average Bonchev–Trinajstić information content (AvgIpc) is 2.75. The van der Waals surface area contributed by atoms with E-state index >= 15 is 0 Å². The molecule has 0 bridgehead atoms. The summed E-state index contributed by atoms with van der Waals surface area (Å²) < 4.78 is 5.28. The molecule has 0 unspecified atom stereocenters. The molecule has 0 aromatic carbocycles. The first kappa shape index (κ1) is 15.6. The number of rotatable bonds is 6. The van der Waals surface area contributed by atoms with Crippen molar-refractivity contribution < 1.29 is 9.53 Å². The van der Waals surface area contributed by atoms with Crippen LogP contribution >= 0.6 is 0 Å². The number of anilines is 1. The third-order valence-corrected chi connectivity index (χ3v) is 3.70. The maximum Gasteiger partial charge on any atom is 0.239 e. The first-order chi connectivity index (χ1) is 10.3. The number of aromatic nitrogens is 1. The quantitative estimate of drug-likeness (QED) is 0.791. The molecule has 1 saturated carbocycles. The smallest absolute Gasteiger partial charge is 0.239 e. The molecule has 116 valence electrons. The molecule has 2 N–H and O–H groups in total. The monoisotopic (exact) mass is 291 g/mol. The molecule has 1 fully saturated rings.